The Morgan fingerprint density at radius 3 is 1.38 bits per heavy atom. The van der Waals surface area contributed by atoms with Gasteiger partial charge in [-0.1, -0.05) is 253 Å². The molecule has 448 valence electrons. The van der Waals surface area contributed by atoms with E-state index in [1.54, 1.807) is 6.08 Å². The summed E-state index contributed by atoms with van der Waals surface area (Å²) >= 11 is 0. The zero-order valence-corrected chi connectivity index (χ0v) is 49.5. The molecule has 11 nitrogen and oxygen atoms in total. The first-order valence-electron chi connectivity index (χ1n) is 31.5. The molecule has 11 heteroatoms. The van der Waals surface area contributed by atoms with Gasteiger partial charge in [0.1, 0.15) is 24.4 Å². The van der Waals surface area contributed by atoms with Gasteiger partial charge >= 0.3 is 5.97 Å². The molecule has 1 rings (SSSR count). The lowest BCUT2D eigenvalue weighted by atomic mass is 9.99. The van der Waals surface area contributed by atoms with Crippen molar-refractivity contribution in [3.05, 3.63) is 97.2 Å². The number of carbonyl (C=O) groups excluding carboxylic acids is 2. The Bertz CT molecular complexity index is 1630. The van der Waals surface area contributed by atoms with Crippen LogP contribution in [0.25, 0.3) is 0 Å². The molecule has 0 bridgehead atoms. The first kappa shape index (κ1) is 72.6. The van der Waals surface area contributed by atoms with E-state index in [-0.39, 0.29) is 19.4 Å². The fraction of sp³-hybridized carbons (Fsp3) is 0.731. The van der Waals surface area contributed by atoms with Crippen molar-refractivity contribution >= 4 is 11.9 Å². The molecule has 0 aromatic carbocycles. The summed E-state index contributed by atoms with van der Waals surface area (Å²) in [6, 6.07) is -1.04. The van der Waals surface area contributed by atoms with E-state index in [0.717, 1.165) is 83.5 Å². The maximum atomic E-state index is 13.4. The van der Waals surface area contributed by atoms with Crippen LogP contribution in [0.2, 0.25) is 0 Å². The lowest BCUT2D eigenvalue weighted by Crippen LogP contribution is -2.61. The van der Waals surface area contributed by atoms with Crippen molar-refractivity contribution in [3.8, 4) is 0 Å². The molecule has 1 fully saturated rings. The number of carbonyl (C=O) groups is 2. The van der Waals surface area contributed by atoms with Gasteiger partial charge in [-0.05, 0) is 89.9 Å². The summed E-state index contributed by atoms with van der Waals surface area (Å²) in [4.78, 5) is 26.5. The van der Waals surface area contributed by atoms with Gasteiger partial charge in [0.05, 0.1) is 25.4 Å². The van der Waals surface area contributed by atoms with Gasteiger partial charge in [-0.3, -0.25) is 9.59 Å². The zero-order valence-electron chi connectivity index (χ0n) is 49.5. The highest BCUT2D eigenvalue weighted by Gasteiger charge is 2.47. The standard InChI is InChI=1S/C67H115NO10/c1-4-7-10-13-16-19-22-25-27-29-31-33-35-37-40-43-46-49-52-55-62(72)78-65-64(74)63(73)61(56-69)77-67(65)76-57-58(59(70)53-50-47-44-41-38-24-21-18-15-12-9-6-3)68-66(75)60(71)54-51-48-45-42-39-36-34-32-30-28-26-23-20-17-14-11-8-5-2/h7,10,16,19,25-28,31,33,37,40,46,49-50,53,58-61,63-65,67,69-71,73-74H,4-6,8-9,11-15,17-18,20-24,29-30,32,34-36,38-39,41-45,47-48,51-52,54-57H2,1-3H3,(H,68,75)/b10-7-,19-16-,27-25-,28-26+,33-31-,40-37-,49-46-,53-50+. The molecule has 0 spiro atoms. The Morgan fingerprint density at radius 2 is 0.923 bits per heavy atom. The minimum absolute atomic E-state index is 0.00572. The van der Waals surface area contributed by atoms with Gasteiger partial charge in [-0.15, -0.1) is 0 Å². The Hall–Kier alpha value is -3.42. The van der Waals surface area contributed by atoms with Crippen LogP contribution in [0.15, 0.2) is 97.2 Å². The van der Waals surface area contributed by atoms with Crippen LogP contribution in [0, 0.1) is 0 Å². The van der Waals surface area contributed by atoms with E-state index in [9.17, 15) is 35.1 Å². The van der Waals surface area contributed by atoms with Crippen molar-refractivity contribution in [2.24, 2.45) is 0 Å². The third-order valence-electron chi connectivity index (χ3n) is 14.2. The van der Waals surface area contributed by atoms with E-state index < -0.39 is 67.4 Å². The number of esters is 1. The summed E-state index contributed by atoms with van der Waals surface area (Å²) in [5.74, 6) is -1.29. The zero-order chi connectivity index (χ0) is 56.8. The van der Waals surface area contributed by atoms with Crippen LogP contribution < -0.4 is 5.32 Å². The highest BCUT2D eigenvalue weighted by atomic mass is 16.7. The molecule has 6 N–H and O–H groups in total. The van der Waals surface area contributed by atoms with Crippen LogP contribution in [-0.2, 0) is 23.8 Å². The third-order valence-corrected chi connectivity index (χ3v) is 14.2. The lowest BCUT2D eigenvalue weighted by Gasteiger charge is -2.41. The molecule has 1 heterocycles. The normalized spacial score (nSPS) is 19.6. The Morgan fingerprint density at radius 1 is 0.513 bits per heavy atom. The number of allylic oxidation sites excluding steroid dienone is 15. The van der Waals surface area contributed by atoms with Crippen LogP contribution in [-0.4, -0.2) is 99.6 Å². The number of ether oxygens (including phenoxy) is 3. The number of aliphatic hydroxyl groups is 5. The number of nitrogens with one attached hydrogen (secondary N) is 1. The molecule has 78 heavy (non-hydrogen) atoms. The number of amides is 1. The number of rotatable bonds is 52. The van der Waals surface area contributed by atoms with Crippen molar-refractivity contribution in [1.82, 2.24) is 5.32 Å². The Kier molecular flexibility index (Phi) is 50.4. The average molecular weight is 1090 g/mol. The minimum atomic E-state index is -1.65. The van der Waals surface area contributed by atoms with Crippen molar-refractivity contribution in [1.29, 1.82) is 0 Å². The largest absolute Gasteiger partial charge is 0.454 e. The van der Waals surface area contributed by atoms with Crippen LogP contribution in [0.4, 0.5) is 0 Å². The smallest absolute Gasteiger partial charge is 0.306 e. The molecule has 8 atom stereocenters. The highest BCUT2D eigenvalue weighted by molar-refractivity contribution is 5.80. The summed E-state index contributed by atoms with van der Waals surface area (Å²) in [5, 5.41) is 57.0. The maximum absolute atomic E-state index is 13.4. The number of hydrogen-bond donors (Lipinski definition) is 6. The van der Waals surface area contributed by atoms with Gasteiger partial charge in [-0.25, -0.2) is 0 Å². The van der Waals surface area contributed by atoms with Crippen molar-refractivity contribution < 1.29 is 49.3 Å². The molecule has 0 aliphatic carbocycles. The van der Waals surface area contributed by atoms with Gasteiger partial charge in [0.25, 0.3) is 0 Å². The first-order valence-corrected chi connectivity index (χ1v) is 31.5. The molecule has 1 aliphatic heterocycles. The second-order valence-electron chi connectivity index (χ2n) is 21.4. The predicted molar refractivity (Wildman–Crippen MR) is 324 cm³/mol. The maximum Gasteiger partial charge on any atom is 0.306 e. The third kappa shape index (κ3) is 41.6. The molecule has 0 radical (unpaired) electrons. The fourth-order valence-corrected chi connectivity index (χ4v) is 9.26. The highest BCUT2D eigenvalue weighted by Crippen LogP contribution is 2.26. The number of unbranched alkanes of at least 4 members (excludes halogenated alkanes) is 24. The average Bonchev–Trinajstić information content (AvgIpc) is 3.45. The summed E-state index contributed by atoms with van der Waals surface area (Å²) in [6.07, 6.45) is 61.7. The summed E-state index contributed by atoms with van der Waals surface area (Å²) in [5.41, 5.74) is 0. The van der Waals surface area contributed by atoms with Crippen LogP contribution >= 0.6 is 0 Å². The Labute approximate surface area is 475 Å². The Balaban J connectivity index is 2.72. The quantitative estimate of drug-likeness (QED) is 0.0195. The van der Waals surface area contributed by atoms with Crippen molar-refractivity contribution in [2.45, 2.75) is 301 Å². The second kappa shape index (κ2) is 54.2. The van der Waals surface area contributed by atoms with Crippen LogP contribution in [0.5, 0.6) is 0 Å². The van der Waals surface area contributed by atoms with E-state index >= 15 is 0 Å². The van der Waals surface area contributed by atoms with Gasteiger partial charge < -0.3 is 45.1 Å². The first-order chi connectivity index (χ1) is 38.2. The van der Waals surface area contributed by atoms with E-state index in [1.807, 2.05) is 18.2 Å². The van der Waals surface area contributed by atoms with Gasteiger partial charge in [0.15, 0.2) is 12.4 Å². The van der Waals surface area contributed by atoms with E-state index in [1.165, 1.54) is 116 Å². The van der Waals surface area contributed by atoms with Gasteiger partial charge in [0.2, 0.25) is 5.91 Å². The molecule has 1 amide bonds. The topological polar surface area (TPSA) is 175 Å². The second-order valence-corrected chi connectivity index (χ2v) is 21.4. The van der Waals surface area contributed by atoms with Crippen LogP contribution in [0.3, 0.4) is 0 Å². The molecule has 1 saturated heterocycles. The lowest BCUT2D eigenvalue weighted by molar-refractivity contribution is -0.305. The summed E-state index contributed by atoms with van der Waals surface area (Å²) < 4.78 is 17.5. The number of hydrogen-bond acceptors (Lipinski definition) is 10. The molecule has 8 unspecified atom stereocenters. The predicted octanol–water partition coefficient (Wildman–Crippen LogP) is 15.1. The van der Waals surface area contributed by atoms with Crippen molar-refractivity contribution in [2.75, 3.05) is 13.2 Å². The van der Waals surface area contributed by atoms with Crippen LogP contribution in [0.1, 0.15) is 252 Å². The number of aliphatic hydroxyl groups excluding tert-OH is 5. The van der Waals surface area contributed by atoms with Gasteiger partial charge in [-0.2, -0.15) is 0 Å². The summed E-state index contributed by atoms with van der Waals surface area (Å²) in [7, 11) is 0. The van der Waals surface area contributed by atoms with E-state index in [0.29, 0.717) is 19.3 Å². The van der Waals surface area contributed by atoms with E-state index in [2.05, 4.69) is 99.0 Å². The minimum Gasteiger partial charge on any atom is -0.454 e. The SMILES string of the molecule is CC/C=C\C/C=C\C/C=C\C/C=C\C/C=C\C/C=C\CCC(=O)OC1C(OCC(NC(=O)C(O)CCCCCCCCCC/C=C/CCCCCCCC)C(O)/C=C/CCCCCCCCCCCC)OC(CO)C(O)C1O. The molecule has 0 aromatic heterocycles. The molecule has 0 saturated carbocycles. The molecular formula is C67H115NO10. The monoisotopic (exact) mass is 1090 g/mol. The van der Waals surface area contributed by atoms with Gasteiger partial charge in [0, 0.05) is 6.42 Å². The summed E-state index contributed by atoms with van der Waals surface area (Å²) in [6.45, 7) is 5.63. The molecule has 1 aliphatic rings. The molecule has 0 aromatic rings. The molecular weight excluding hydrogens is 979 g/mol. The van der Waals surface area contributed by atoms with E-state index in [4.69, 9.17) is 14.2 Å². The van der Waals surface area contributed by atoms with Crippen molar-refractivity contribution in [3.63, 3.8) is 0 Å². The fourth-order valence-electron chi connectivity index (χ4n) is 9.26.